The van der Waals surface area contributed by atoms with Crippen molar-refractivity contribution < 1.29 is 27.1 Å². The largest absolute Gasteiger partial charge is 0.497 e. The van der Waals surface area contributed by atoms with Gasteiger partial charge in [0.05, 0.1) is 19.1 Å². The first-order chi connectivity index (χ1) is 18.6. The van der Waals surface area contributed by atoms with Crippen LogP contribution in [0.4, 0.5) is 10.1 Å². The number of ether oxygens (including phenoxy) is 1. The van der Waals surface area contributed by atoms with Crippen molar-refractivity contribution in [2.24, 2.45) is 0 Å². The Morgan fingerprint density at radius 1 is 1.10 bits per heavy atom. The first-order valence-corrected chi connectivity index (χ1v) is 15.4. The van der Waals surface area contributed by atoms with Crippen LogP contribution in [0.25, 0.3) is 0 Å². The highest BCUT2D eigenvalue weighted by molar-refractivity contribution is 7.92. The molecule has 39 heavy (non-hydrogen) atoms. The number of nitrogens with zero attached hydrogens (tertiary/aromatic N) is 2. The van der Waals surface area contributed by atoms with Gasteiger partial charge in [-0.25, -0.2) is 12.8 Å². The normalized spacial score (nSPS) is 14.9. The maximum absolute atomic E-state index is 13.6. The maximum Gasteiger partial charge on any atom is 0.243 e. The molecule has 214 valence electrons. The minimum Gasteiger partial charge on any atom is -0.497 e. The lowest BCUT2D eigenvalue weighted by molar-refractivity contribution is -0.141. The van der Waals surface area contributed by atoms with E-state index < -0.39 is 21.9 Å². The molecule has 1 aliphatic carbocycles. The number of rotatable bonds is 13. The molecular formula is C29H40FN3O5S. The monoisotopic (exact) mass is 561 g/mol. The van der Waals surface area contributed by atoms with E-state index in [9.17, 15) is 22.4 Å². The summed E-state index contributed by atoms with van der Waals surface area (Å²) in [6.45, 7) is 2.16. The van der Waals surface area contributed by atoms with Crippen molar-refractivity contribution in [2.45, 2.75) is 76.9 Å². The van der Waals surface area contributed by atoms with E-state index in [2.05, 4.69) is 5.32 Å². The smallest absolute Gasteiger partial charge is 0.243 e. The Morgan fingerprint density at radius 2 is 1.79 bits per heavy atom. The van der Waals surface area contributed by atoms with Gasteiger partial charge in [-0.1, -0.05) is 38.3 Å². The van der Waals surface area contributed by atoms with Gasteiger partial charge in [0.15, 0.2) is 0 Å². The van der Waals surface area contributed by atoms with Crippen molar-refractivity contribution in [1.29, 1.82) is 0 Å². The number of carbonyl (C=O) groups is 2. The van der Waals surface area contributed by atoms with Gasteiger partial charge in [0, 0.05) is 25.6 Å². The van der Waals surface area contributed by atoms with Gasteiger partial charge in [0.2, 0.25) is 21.8 Å². The third-order valence-corrected chi connectivity index (χ3v) is 8.29. The molecule has 0 radical (unpaired) electrons. The van der Waals surface area contributed by atoms with Crippen molar-refractivity contribution in [3.8, 4) is 5.75 Å². The number of halogens is 1. The molecule has 0 heterocycles. The predicted octanol–water partition coefficient (Wildman–Crippen LogP) is 4.64. The van der Waals surface area contributed by atoms with Gasteiger partial charge in [0.1, 0.15) is 17.6 Å². The van der Waals surface area contributed by atoms with E-state index >= 15 is 0 Å². The van der Waals surface area contributed by atoms with Crippen LogP contribution in [0.2, 0.25) is 0 Å². The van der Waals surface area contributed by atoms with E-state index in [0.29, 0.717) is 17.9 Å². The fourth-order valence-corrected chi connectivity index (χ4v) is 6.01. The lowest BCUT2D eigenvalue weighted by atomic mass is 9.95. The number of hydrogen-bond donors (Lipinski definition) is 1. The van der Waals surface area contributed by atoms with Crippen LogP contribution in [0.5, 0.6) is 5.75 Å². The summed E-state index contributed by atoms with van der Waals surface area (Å²) in [5.41, 5.74) is 1.16. The zero-order valence-electron chi connectivity index (χ0n) is 23.1. The van der Waals surface area contributed by atoms with Crippen LogP contribution in [-0.2, 0) is 26.2 Å². The number of amides is 2. The third-order valence-electron chi connectivity index (χ3n) is 7.09. The summed E-state index contributed by atoms with van der Waals surface area (Å²) >= 11 is 0. The summed E-state index contributed by atoms with van der Waals surface area (Å²) < 4.78 is 44.8. The van der Waals surface area contributed by atoms with Crippen LogP contribution in [0.15, 0.2) is 48.5 Å². The van der Waals surface area contributed by atoms with Gasteiger partial charge in [-0.2, -0.15) is 0 Å². The number of carbonyl (C=O) groups excluding carboxylic acids is 2. The predicted molar refractivity (Wildman–Crippen MR) is 150 cm³/mol. The Morgan fingerprint density at radius 3 is 2.41 bits per heavy atom. The Bertz CT molecular complexity index is 1200. The summed E-state index contributed by atoms with van der Waals surface area (Å²) in [7, 11) is -2.08. The summed E-state index contributed by atoms with van der Waals surface area (Å²) in [4.78, 5) is 28.6. The first kappa shape index (κ1) is 30.4. The summed E-state index contributed by atoms with van der Waals surface area (Å²) in [6, 6.07) is 12.0. The molecular weight excluding hydrogens is 521 g/mol. The number of methoxy groups -OCH3 is 1. The zero-order chi connectivity index (χ0) is 28.4. The van der Waals surface area contributed by atoms with E-state index in [-0.39, 0.29) is 43.8 Å². The molecule has 10 heteroatoms. The molecule has 0 spiro atoms. The van der Waals surface area contributed by atoms with Crippen molar-refractivity contribution in [2.75, 3.05) is 24.2 Å². The van der Waals surface area contributed by atoms with E-state index in [1.165, 1.54) is 35.0 Å². The second-order valence-corrected chi connectivity index (χ2v) is 12.0. The molecule has 2 aromatic carbocycles. The molecule has 0 bridgehead atoms. The van der Waals surface area contributed by atoms with Gasteiger partial charge < -0.3 is 15.0 Å². The fraction of sp³-hybridized carbons (Fsp3) is 0.517. The Kier molecular flexibility index (Phi) is 11.2. The highest BCUT2D eigenvalue weighted by Gasteiger charge is 2.30. The van der Waals surface area contributed by atoms with Gasteiger partial charge in [0.25, 0.3) is 0 Å². The van der Waals surface area contributed by atoms with Crippen LogP contribution in [0.3, 0.4) is 0 Å². The maximum atomic E-state index is 13.6. The summed E-state index contributed by atoms with van der Waals surface area (Å²) in [5.74, 6) is -0.212. The fourth-order valence-electron chi connectivity index (χ4n) is 5.04. The Balaban J connectivity index is 1.76. The van der Waals surface area contributed by atoms with Crippen molar-refractivity contribution in [1.82, 2.24) is 10.2 Å². The van der Waals surface area contributed by atoms with Crippen molar-refractivity contribution in [3.63, 3.8) is 0 Å². The molecule has 1 unspecified atom stereocenters. The number of nitrogens with one attached hydrogen (secondary N) is 1. The van der Waals surface area contributed by atoms with E-state index in [1.807, 2.05) is 31.2 Å². The van der Waals surface area contributed by atoms with Gasteiger partial charge >= 0.3 is 0 Å². The molecule has 1 fully saturated rings. The molecule has 1 atom stereocenters. The van der Waals surface area contributed by atoms with Crippen molar-refractivity contribution in [3.05, 3.63) is 59.9 Å². The Labute approximate surface area is 231 Å². The van der Waals surface area contributed by atoms with E-state index in [4.69, 9.17) is 4.74 Å². The third kappa shape index (κ3) is 8.95. The first-order valence-electron chi connectivity index (χ1n) is 13.6. The quantitative estimate of drug-likeness (QED) is 0.385. The molecule has 1 aliphatic rings. The highest BCUT2D eigenvalue weighted by Crippen LogP contribution is 2.22. The summed E-state index contributed by atoms with van der Waals surface area (Å²) in [6.07, 6.45) is 7.02. The minimum absolute atomic E-state index is 0.0460. The minimum atomic E-state index is -3.65. The van der Waals surface area contributed by atoms with Crippen LogP contribution >= 0.6 is 0 Å². The van der Waals surface area contributed by atoms with Crippen LogP contribution in [-0.4, -0.2) is 57.1 Å². The average molecular weight is 562 g/mol. The van der Waals surface area contributed by atoms with E-state index in [1.54, 1.807) is 12.0 Å². The standard InChI is InChI=1S/C29H40FN3O5S/c1-4-27(29(35)31-24-11-6-5-7-12-24)32(21-22-10-8-13-26(20-22)38-2)28(34)14-9-19-33(39(3,36)37)25-17-15-23(30)16-18-25/h8,10,13,15-18,20,24,27H,4-7,9,11-12,14,19,21H2,1-3H3,(H,31,35). The lowest BCUT2D eigenvalue weighted by Crippen LogP contribution is -2.51. The topological polar surface area (TPSA) is 96.0 Å². The van der Waals surface area contributed by atoms with Crippen LogP contribution < -0.4 is 14.4 Å². The lowest BCUT2D eigenvalue weighted by Gasteiger charge is -2.33. The Hall–Kier alpha value is -3.14. The molecule has 8 nitrogen and oxygen atoms in total. The summed E-state index contributed by atoms with van der Waals surface area (Å²) in [5, 5.41) is 3.16. The molecule has 0 saturated heterocycles. The molecule has 3 rings (SSSR count). The molecule has 2 aromatic rings. The van der Waals surface area contributed by atoms with Crippen LogP contribution in [0, 0.1) is 5.82 Å². The zero-order valence-corrected chi connectivity index (χ0v) is 23.9. The second kappa shape index (κ2) is 14.3. The highest BCUT2D eigenvalue weighted by atomic mass is 32.2. The van der Waals surface area contributed by atoms with Gasteiger partial charge in [-0.15, -0.1) is 0 Å². The van der Waals surface area contributed by atoms with E-state index in [0.717, 1.165) is 37.5 Å². The molecule has 1 N–H and O–H groups in total. The van der Waals surface area contributed by atoms with Gasteiger partial charge in [-0.05, 0) is 67.6 Å². The number of benzene rings is 2. The average Bonchev–Trinajstić information content (AvgIpc) is 2.91. The SMILES string of the molecule is CCC(C(=O)NC1CCCCC1)N(Cc1cccc(OC)c1)C(=O)CCCN(c1ccc(F)cc1)S(C)(=O)=O. The van der Waals surface area contributed by atoms with Gasteiger partial charge in [-0.3, -0.25) is 13.9 Å². The molecule has 1 saturated carbocycles. The molecule has 0 aromatic heterocycles. The second-order valence-electron chi connectivity index (χ2n) is 10.1. The van der Waals surface area contributed by atoms with Crippen LogP contribution in [0.1, 0.15) is 63.9 Å². The number of anilines is 1. The molecule has 0 aliphatic heterocycles. The number of hydrogen-bond acceptors (Lipinski definition) is 5. The number of sulfonamides is 1. The molecule has 2 amide bonds. The van der Waals surface area contributed by atoms with Crippen molar-refractivity contribution >= 4 is 27.5 Å².